The molecule has 20 heavy (non-hydrogen) atoms. The van der Waals surface area contributed by atoms with Crippen molar-refractivity contribution >= 4 is 22.6 Å². The molecule has 0 aliphatic heterocycles. The van der Waals surface area contributed by atoms with Gasteiger partial charge in [-0.3, -0.25) is 4.79 Å². The molecule has 5 nitrogen and oxygen atoms in total. The van der Waals surface area contributed by atoms with Gasteiger partial charge in [0, 0.05) is 23.1 Å². The van der Waals surface area contributed by atoms with Gasteiger partial charge in [-0.2, -0.15) is 0 Å². The number of benzene rings is 1. The molecule has 1 aliphatic rings. The van der Waals surface area contributed by atoms with Gasteiger partial charge in [-0.25, -0.2) is 4.79 Å². The second-order valence-electron chi connectivity index (χ2n) is 5.16. The van der Waals surface area contributed by atoms with Gasteiger partial charge >= 0.3 is 6.03 Å². The Hall–Kier alpha value is -2.30. The number of hydrogen-bond donors (Lipinski definition) is 3. The highest BCUT2D eigenvalue weighted by Gasteiger charge is 2.17. The molecule has 3 rings (SSSR count). The lowest BCUT2D eigenvalue weighted by Crippen LogP contribution is -2.37. The summed E-state index contributed by atoms with van der Waals surface area (Å²) in [6.07, 6.45) is 5.88. The molecule has 2 amide bonds. The summed E-state index contributed by atoms with van der Waals surface area (Å²) in [5.74, 6) is 0. The minimum Gasteiger partial charge on any atom is -0.359 e. The maximum absolute atomic E-state index is 12.2. The Kier molecular flexibility index (Phi) is 3.41. The van der Waals surface area contributed by atoms with Gasteiger partial charge in [-0.1, -0.05) is 25.0 Å². The number of aromatic nitrogens is 1. The molecular formula is C15H17N3O2. The van der Waals surface area contributed by atoms with E-state index in [9.17, 15) is 9.59 Å². The van der Waals surface area contributed by atoms with E-state index in [1.165, 1.54) is 0 Å². The third-order valence-electron chi connectivity index (χ3n) is 3.73. The molecule has 0 spiro atoms. The number of H-pyrrole nitrogens is 1. The standard InChI is InChI=1S/C15H17N3O2/c19-14-11-7-3-4-8-12(11)16-9-13(14)18-15(20)17-10-5-1-2-6-10/h3-4,7-10H,1-2,5-6H2,(H,16,19)(H2,17,18,20). The second-order valence-corrected chi connectivity index (χ2v) is 5.16. The summed E-state index contributed by atoms with van der Waals surface area (Å²) < 4.78 is 0. The number of carbonyl (C=O) groups excluding carboxylic acids is 1. The molecule has 0 unspecified atom stereocenters. The molecule has 1 aromatic heterocycles. The van der Waals surface area contributed by atoms with Crippen LogP contribution < -0.4 is 16.1 Å². The Balaban J connectivity index is 1.78. The van der Waals surface area contributed by atoms with E-state index in [0.717, 1.165) is 31.2 Å². The molecule has 1 saturated carbocycles. The topological polar surface area (TPSA) is 74.0 Å². The smallest absolute Gasteiger partial charge is 0.319 e. The van der Waals surface area contributed by atoms with Crippen LogP contribution in [0.25, 0.3) is 10.9 Å². The number of pyridine rings is 1. The van der Waals surface area contributed by atoms with E-state index in [1.807, 2.05) is 12.1 Å². The number of nitrogens with one attached hydrogen (secondary N) is 3. The van der Waals surface area contributed by atoms with Gasteiger partial charge in [0.05, 0.1) is 0 Å². The maximum atomic E-state index is 12.2. The quantitative estimate of drug-likeness (QED) is 0.785. The normalized spacial score (nSPS) is 15.4. The summed E-state index contributed by atoms with van der Waals surface area (Å²) in [7, 11) is 0. The van der Waals surface area contributed by atoms with Crippen molar-refractivity contribution in [2.75, 3.05) is 5.32 Å². The van der Waals surface area contributed by atoms with E-state index in [1.54, 1.807) is 18.3 Å². The van der Waals surface area contributed by atoms with Gasteiger partial charge < -0.3 is 15.6 Å². The van der Waals surface area contributed by atoms with E-state index < -0.39 is 0 Å². The van der Waals surface area contributed by atoms with Gasteiger partial charge in [-0.15, -0.1) is 0 Å². The van der Waals surface area contributed by atoms with Crippen LogP contribution in [0, 0.1) is 0 Å². The first-order chi connectivity index (χ1) is 9.74. The fourth-order valence-corrected chi connectivity index (χ4v) is 2.67. The highest BCUT2D eigenvalue weighted by atomic mass is 16.2. The van der Waals surface area contributed by atoms with E-state index in [2.05, 4.69) is 15.6 Å². The van der Waals surface area contributed by atoms with Crippen LogP contribution in [0.15, 0.2) is 35.3 Å². The van der Waals surface area contributed by atoms with Gasteiger partial charge in [-0.05, 0) is 25.0 Å². The van der Waals surface area contributed by atoms with Crippen LogP contribution in [0.1, 0.15) is 25.7 Å². The number of urea groups is 1. The third kappa shape index (κ3) is 2.52. The summed E-state index contributed by atoms with van der Waals surface area (Å²) in [6.45, 7) is 0. The third-order valence-corrected chi connectivity index (χ3v) is 3.73. The summed E-state index contributed by atoms with van der Waals surface area (Å²) >= 11 is 0. The van der Waals surface area contributed by atoms with Crippen LogP contribution in [0.3, 0.4) is 0 Å². The first-order valence-corrected chi connectivity index (χ1v) is 6.92. The number of fused-ring (bicyclic) bond motifs is 1. The van der Waals surface area contributed by atoms with Crippen LogP contribution in [0.2, 0.25) is 0 Å². The zero-order valence-corrected chi connectivity index (χ0v) is 11.1. The van der Waals surface area contributed by atoms with Crippen molar-refractivity contribution in [2.24, 2.45) is 0 Å². The van der Waals surface area contributed by atoms with Crippen molar-refractivity contribution in [3.8, 4) is 0 Å². The summed E-state index contributed by atoms with van der Waals surface area (Å²) in [5, 5.41) is 6.11. The predicted octanol–water partition coefficient (Wildman–Crippen LogP) is 2.59. The lowest BCUT2D eigenvalue weighted by atomic mass is 10.2. The highest BCUT2D eigenvalue weighted by Crippen LogP contribution is 2.17. The maximum Gasteiger partial charge on any atom is 0.319 e. The van der Waals surface area contributed by atoms with Crippen molar-refractivity contribution in [3.63, 3.8) is 0 Å². The number of rotatable bonds is 2. The first-order valence-electron chi connectivity index (χ1n) is 6.92. The fraction of sp³-hybridized carbons (Fsp3) is 0.333. The molecule has 1 aliphatic carbocycles. The number of aromatic amines is 1. The first kappa shape index (κ1) is 12.7. The number of anilines is 1. The Morgan fingerprint density at radius 2 is 1.95 bits per heavy atom. The van der Waals surface area contributed by atoms with Crippen molar-refractivity contribution in [2.45, 2.75) is 31.7 Å². The monoisotopic (exact) mass is 271 g/mol. The average molecular weight is 271 g/mol. The Morgan fingerprint density at radius 1 is 1.20 bits per heavy atom. The molecule has 1 aromatic carbocycles. The molecule has 3 N–H and O–H groups in total. The molecular weight excluding hydrogens is 254 g/mol. The van der Waals surface area contributed by atoms with Crippen molar-refractivity contribution < 1.29 is 4.79 Å². The SMILES string of the molecule is O=C(Nc1c[nH]c2ccccc2c1=O)NC1CCCC1. The van der Waals surface area contributed by atoms with Gasteiger partial charge in [0.15, 0.2) is 0 Å². The van der Waals surface area contributed by atoms with E-state index >= 15 is 0 Å². The second kappa shape index (κ2) is 5.36. The minimum atomic E-state index is -0.308. The molecule has 0 atom stereocenters. The number of para-hydroxylation sites is 1. The fourth-order valence-electron chi connectivity index (χ4n) is 2.67. The molecule has 1 heterocycles. The summed E-state index contributed by atoms with van der Waals surface area (Å²) in [5.41, 5.74) is 0.874. The Morgan fingerprint density at radius 3 is 2.75 bits per heavy atom. The van der Waals surface area contributed by atoms with Crippen LogP contribution >= 0.6 is 0 Å². The molecule has 0 bridgehead atoms. The van der Waals surface area contributed by atoms with Gasteiger partial charge in [0.1, 0.15) is 5.69 Å². The molecule has 5 heteroatoms. The van der Waals surface area contributed by atoms with Crippen molar-refractivity contribution in [1.29, 1.82) is 0 Å². The highest BCUT2D eigenvalue weighted by molar-refractivity contribution is 5.92. The minimum absolute atomic E-state index is 0.166. The van der Waals surface area contributed by atoms with Crippen molar-refractivity contribution in [3.05, 3.63) is 40.7 Å². The van der Waals surface area contributed by atoms with Crippen LogP contribution in [0.5, 0.6) is 0 Å². The average Bonchev–Trinajstić information content (AvgIpc) is 2.95. The Labute approximate surface area is 116 Å². The van der Waals surface area contributed by atoms with Crippen LogP contribution in [-0.4, -0.2) is 17.1 Å². The zero-order valence-electron chi connectivity index (χ0n) is 11.1. The lowest BCUT2D eigenvalue weighted by Gasteiger charge is -2.12. The molecule has 1 fully saturated rings. The number of hydrogen-bond acceptors (Lipinski definition) is 2. The predicted molar refractivity (Wildman–Crippen MR) is 79.0 cm³/mol. The molecule has 0 saturated heterocycles. The Bertz CT molecular complexity index is 687. The van der Waals surface area contributed by atoms with Gasteiger partial charge in [0.2, 0.25) is 5.43 Å². The van der Waals surface area contributed by atoms with Gasteiger partial charge in [0.25, 0.3) is 0 Å². The lowest BCUT2D eigenvalue weighted by molar-refractivity contribution is 0.248. The number of carbonyl (C=O) groups is 1. The van der Waals surface area contributed by atoms with E-state index in [0.29, 0.717) is 5.39 Å². The van der Waals surface area contributed by atoms with Crippen LogP contribution in [0.4, 0.5) is 10.5 Å². The zero-order chi connectivity index (χ0) is 13.9. The number of amides is 2. The molecule has 2 aromatic rings. The summed E-state index contributed by atoms with van der Waals surface area (Å²) in [6, 6.07) is 7.16. The largest absolute Gasteiger partial charge is 0.359 e. The van der Waals surface area contributed by atoms with Crippen molar-refractivity contribution in [1.82, 2.24) is 10.3 Å². The van der Waals surface area contributed by atoms with E-state index in [4.69, 9.17) is 0 Å². The van der Waals surface area contributed by atoms with Crippen LogP contribution in [-0.2, 0) is 0 Å². The molecule has 104 valence electrons. The summed E-state index contributed by atoms with van der Waals surface area (Å²) in [4.78, 5) is 27.1. The molecule has 0 radical (unpaired) electrons. The van der Waals surface area contributed by atoms with E-state index in [-0.39, 0.29) is 23.2 Å².